The van der Waals surface area contributed by atoms with Gasteiger partial charge in [0.1, 0.15) is 0 Å². The molecule has 0 bridgehead atoms. The van der Waals surface area contributed by atoms with Gasteiger partial charge in [-0.05, 0) is 27.7 Å². The van der Waals surface area contributed by atoms with Gasteiger partial charge in [-0.2, -0.15) is 0 Å². The minimum atomic E-state index is -0.688. The number of hydrogen-bond acceptors (Lipinski definition) is 4. The molecular formula is C10H21NO3. The van der Waals surface area contributed by atoms with Crippen molar-refractivity contribution in [1.29, 1.82) is 0 Å². The van der Waals surface area contributed by atoms with Crippen LogP contribution in [0.1, 0.15) is 27.7 Å². The quantitative estimate of drug-likeness (QED) is 0.701. The van der Waals surface area contributed by atoms with Crippen molar-refractivity contribution in [3.63, 3.8) is 0 Å². The van der Waals surface area contributed by atoms with Crippen LogP contribution >= 0.6 is 0 Å². The van der Waals surface area contributed by atoms with Gasteiger partial charge in [0.05, 0.1) is 24.9 Å². The van der Waals surface area contributed by atoms with Crippen LogP contribution in [-0.4, -0.2) is 42.3 Å². The van der Waals surface area contributed by atoms with Crippen LogP contribution in [0.25, 0.3) is 0 Å². The van der Waals surface area contributed by atoms with Gasteiger partial charge in [0.25, 0.3) is 0 Å². The van der Waals surface area contributed by atoms with Gasteiger partial charge in [0, 0.05) is 6.54 Å². The van der Waals surface area contributed by atoms with Crippen LogP contribution in [0.3, 0.4) is 0 Å². The van der Waals surface area contributed by atoms with Gasteiger partial charge in [0.2, 0.25) is 0 Å². The lowest BCUT2D eigenvalue weighted by atomic mass is 10.1. The Balaban J connectivity index is 2.23. The summed E-state index contributed by atoms with van der Waals surface area (Å²) < 4.78 is 11.0. The molecule has 1 fully saturated rings. The lowest BCUT2D eigenvalue weighted by Gasteiger charge is -2.36. The molecule has 0 radical (unpaired) electrons. The molecule has 4 nitrogen and oxygen atoms in total. The van der Waals surface area contributed by atoms with Crippen molar-refractivity contribution in [3.8, 4) is 0 Å². The predicted octanol–water partition coefficient (Wildman–Crippen LogP) is 0.498. The molecule has 0 unspecified atom stereocenters. The van der Waals surface area contributed by atoms with Gasteiger partial charge in [-0.3, -0.25) is 0 Å². The smallest absolute Gasteiger partial charge is 0.162 e. The lowest BCUT2D eigenvalue weighted by Crippen LogP contribution is -2.51. The highest BCUT2D eigenvalue weighted by molar-refractivity contribution is 4.77. The average molecular weight is 203 g/mol. The first-order valence-corrected chi connectivity index (χ1v) is 5.02. The zero-order valence-electron chi connectivity index (χ0n) is 9.46. The molecule has 1 aliphatic rings. The third-order valence-corrected chi connectivity index (χ3v) is 2.09. The van der Waals surface area contributed by atoms with Crippen molar-refractivity contribution in [2.45, 2.75) is 45.1 Å². The molecule has 0 amide bonds. The Morgan fingerprint density at radius 3 is 2.29 bits per heavy atom. The Morgan fingerprint density at radius 1 is 1.36 bits per heavy atom. The van der Waals surface area contributed by atoms with E-state index in [0.717, 1.165) is 0 Å². The maximum Gasteiger partial charge on any atom is 0.162 e. The summed E-state index contributed by atoms with van der Waals surface area (Å²) in [7, 11) is 0. The first kappa shape index (κ1) is 11.9. The van der Waals surface area contributed by atoms with Gasteiger partial charge in [0.15, 0.2) is 5.79 Å². The number of rotatable bonds is 3. The van der Waals surface area contributed by atoms with Crippen molar-refractivity contribution in [1.82, 2.24) is 5.32 Å². The van der Waals surface area contributed by atoms with Crippen molar-refractivity contribution in [3.05, 3.63) is 0 Å². The van der Waals surface area contributed by atoms with E-state index in [1.54, 1.807) is 13.8 Å². The third kappa shape index (κ3) is 4.37. The second kappa shape index (κ2) is 4.14. The molecule has 0 spiro atoms. The first-order chi connectivity index (χ1) is 6.29. The van der Waals surface area contributed by atoms with Crippen molar-refractivity contribution in [2.75, 3.05) is 19.8 Å². The summed E-state index contributed by atoms with van der Waals surface area (Å²) in [6, 6.07) is 0.175. The Bertz CT molecular complexity index is 176. The molecule has 1 heterocycles. The van der Waals surface area contributed by atoms with Crippen LogP contribution in [0, 0.1) is 0 Å². The van der Waals surface area contributed by atoms with Crippen LogP contribution < -0.4 is 5.32 Å². The fourth-order valence-electron chi connectivity index (χ4n) is 1.20. The molecule has 0 aliphatic carbocycles. The van der Waals surface area contributed by atoms with Gasteiger partial charge in [-0.25, -0.2) is 0 Å². The lowest BCUT2D eigenvalue weighted by molar-refractivity contribution is -0.253. The first-order valence-electron chi connectivity index (χ1n) is 5.02. The minimum Gasteiger partial charge on any atom is -0.389 e. The molecule has 0 aromatic carbocycles. The van der Waals surface area contributed by atoms with E-state index in [-0.39, 0.29) is 6.04 Å². The normalized spacial score (nSPS) is 23.8. The monoisotopic (exact) mass is 203 g/mol. The van der Waals surface area contributed by atoms with Crippen molar-refractivity contribution >= 4 is 0 Å². The maximum atomic E-state index is 9.51. The van der Waals surface area contributed by atoms with E-state index < -0.39 is 11.4 Å². The van der Waals surface area contributed by atoms with Crippen LogP contribution in [0.2, 0.25) is 0 Å². The highest BCUT2D eigenvalue weighted by Crippen LogP contribution is 2.17. The molecule has 0 atom stereocenters. The summed E-state index contributed by atoms with van der Waals surface area (Å²) in [5, 5.41) is 12.7. The number of nitrogens with one attached hydrogen (secondary N) is 1. The fraction of sp³-hybridized carbons (Fsp3) is 1.00. The molecule has 4 heteroatoms. The average Bonchev–Trinajstić information content (AvgIpc) is 2.01. The van der Waals surface area contributed by atoms with Crippen LogP contribution in [0.5, 0.6) is 0 Å². The minimum absolute atomic E-state index is 0.175. The van der Waals surface area contributed by atoms with Crippen molar-refractivity contribution < 1.29 is 14.6 Å². The Labute approximate surface area is 85.6 Å². The summed E-state index contributed by atoms with van der Waals surface area (Å²) in [5.74, 6) is -0.465. The summed E-state index contributed by atoms with van der Waals surface area (Å²) in [6.07, 6.45) is 0. The molecule has 2 N–H and O–H groups in total. The fourth-order valence-corrected chi connectivity index (χ4v) is 1.20. The predicted molar refractivity (Wildman–Crippen MR) is 54.1 cm³/mol. The van der Waals surface area contributed by atoms with E-state index in [2.05, 4.69) is 5.32 Å². The van der Waals surface area contributed by atoms with Gasteiger partial charge < -0.3 is 19.9 Å². The van der Waals surface area contributed by atoms with E-state index in [0.29, 0.717) is 19.8 Å². The number of aliphatic hydroxyl groups is 1. The Kier molecular flexibility index (Phi) is 3.53. The number of ether oxygens (including phenoxy) is 2. The van der Waals surface area contributed by atoms with E-state index in [1.807, 2.05) is 13.8 Å². The molecule has 1 rings (SSSR count). The second-order valence-electron chi connectivity index (χ2n) is 4.91. The van der Waals surface area contributed by atoms with E-state index in [1.165, 1.54) is 0 Å². The van der Waals surface area contributed by atoms with Gasteiger partial charge in [-0.15, -0.1) is 0 Å². The highest BCUT2D eigenvalue weighted by Gasteiger charge is 2.28. The van der Waals surface area contributed by atoms with E-state index in [4.69, 9.17) is 9.47 Å². The van der Waals surface area contributed by atoms with Crippen LogP contribution in [0.4, 0.5) is 0 Å². The second-order valence-corrected chi connectivity index (χ2v) is 4.91. The van der Waals surface area contributed by atoms with Crippen molar-refractivity contribution in [2.24, 2.45) is 0 Å². The summed E-state index contributed by atoms with van der Waals surface area (Å²) in [4.78, 5) is 0. The molecule has 1 aliphatic heterocycles. The van der Waals surface area contributed by atoms with Gasteiger partial charge in [-0.1, -0.05) is 0 Å². The molecule has 0 saturated carbocycles. The maximum absolute atomic E-state index is 9.51. The standard InChI is InChI=1S/C10H21NO3/c1-9(2,12)7-11-8-5-13-10(3,4)14-6-8/h8,11-12H,5-7H2,1-4H3. The third-order valence-electron chi connectivity index (χ3n) is 2.09. The molecule has 0 aromatic heterocycles. The SMILES string of the molecule is CC(C)(O)CNC1COC(C)(C)OC1. The van der Waals surface area contributed by atoms with Crippen LogP contribution in [-0.2, 0) is 9.47 Å². The summed E-state index contributed by atoms with van der Waals surface area (Å²) >= 11 is 0. The van der Waals surface area contributed by atoms with E-state index in [9.17, 15) is 5.11 Å². The molecular weight excluding hydrogens is 182 g/mol. The summed E-state index contributed by atoms with van der Waals surface area (Å²) in [5.41, 5.74) is -0.688. The molecule has 0 aromatic rings. The largest absolute Gasteiger partial charge is 0.389 e. The molecule has 1 saturated heterocycles. The zero-order valence-corrected chi connectivity index (χ0v) is 9.46. The molecule has 84 valence electrons. The number of hydrogen-bond donors (Lipinski definition) is 2. The summed E-state index contributed by atoms with van der Waals surface area (Å²) in [6.45, 7) is 9.15. The Morgan fingerprint density at radius 2 is 1.86 bits per heavy atom. The van der Waals surface area contributed by atoms with Gasteiger partial charge >= 0.3 is 0 Å². The topological polar surface area (TPSA) is 50.7 Å². The van der Waals surface area contributed by atoms with Crippen LogP contribution in [0.15, 0.2) is 0 Å². The zero-order chi connectivity index (χ0) is 10.8. The Hall–Kier alpha value is -0.160. The molecule has 14 heavy (non-hydrogen) atoms. The highest BCUT2D eigenvalue weighted by atomic mass is 16.7. The van der Waals surface area contributed by atoms with E-state index >= 15 is 0 Å².